The lowest BCUT2D eigenvalue weighted by molar-refractivity contribution is -0.0506. The lowest BCUT2D eigenvalue weighted by atomic mass is 9.93. The highest BCUT2D eigenvalue weighted by Crippen LogP contribution is 2.49. The topological polar surface area (TPSA) is 94.2 Å². The summed E-state index contributed by atoms with van der Waals surface area (Å²) in [5, 5.41) is 11.3. The number of benzene rings is 1. The first-order valence-electron chi connectivity index (χ1n) is 12.9. The lowest BCUT2D eigenvalue weighted by Gasteiger charge is -2.45. The number of aliphatic hydroxyl groups is 1. The highest BCUT2D eigenvalue weighted by molar-refractivity contribution is 5.65. The van der Waals surface area contributed by atoms with Crippen LogP contribution in [-0.2, 0) is 15.1 Å². The number of pyridine rings is 1. The number of hydrogen-bond donors (Lipinski definition) is 1. The molecule has 1 N–H and O–H groups in total. The average molecular weight is 536 g/mol. The number of nitrogens with zero attached hydrogens (tertiary/aromatic N) is 5. The molecule has 5 heterocycles. The maximum atomic E-state index is 13.2. The molecular formula is C28H27F2N5O4. The third kappa shape index (κ3) is 4.12. The molecule has 2 saturated heterocycles. The van der Waals surface area contributed by atoms with Crippen molar-refractivity contribution in [3.8, 4) is 16.9 Å². The second-order valence-corrected chi connectivity index (χ2v) is 10.5. The zero-order valence-corrected chi connectivity index (χ0v) is 21.2. The van der Waals surface area contributed by atoms with Gasteiger partial charge in [-0.15, -0.1) is 0 Å². The van der Waals surface area contributed by atoms with E-state index >= 15 is 0 Å². The molecule has 1 aliphatic carbocycles. The van der Waals surface area contributed by atoms with Crippen molar-refractivity contribution in [1.82, 2.24) is 19.4 Å². The molecule has 0 spiro atoms. The van der Waals surface area contributed by atoms with Crippen LogP contribution in [0.2, 0.25) is 0 Å². The van der Waals surface area contributed by atoms with E-state index in [-0.39, 0.29) is 17.8 Å². The van der Waals surface area contributed by atoms with Gasteiger partial charge < -0.3 is 28.6 Å². The van der Waals surface area contributed by atoms with Gasteiger partial charge in [0, 0.05) is 41.2 Å². The summed E-state index contributed by atoms with van der Waals surface area (Å²) in [4.78, 5) is 16.3. The molecule has 1 aromatic carbocycles. The van der Waals surface area contributed by atoms with Gasteiger partial charge in [0.2, 0.25) is 5.95 Å². The van der Waals surface area contributed by atoms with Crippen LogP contribution in [0.1, 0.15) is 36.2 Å². The molecule has 2 atom stereocenters. The molecule has 202 valence electrons. The van der Waals surface area contributed by atoms with Crippen LogP contribution in [0.3, 0.4) is 0 Å². The molecule has 1 unspecified atom stereocenters. The Bertz CT molecular complexity index is 1500. The standard InChI is InChI=1S/C28H27F2N5O4/c1-28(36)8-21(20-4-2-3-5-22(20)39-26(29)30)24-25(28)33-23-7-6-16(11-34(23)24)17-9-31-27(32-10-17)35-18-12-37-14-19(35)15-38-13-18/h2-7,9-11,18-19,21,26,36H,8,12-15H2,1H3/t18?,19?,21-,28?/m0/s1. The third-order valence-electron chi connectivity index (χ3n) is 7.84. The monoisotopic (exact) mass is 535 g/mol. The van der Waals surface area contributed by atoms with E-state index in [4.69, 9.17) is 19.2 Å². The van der Waals surface area contributed by atoms with Crippen molar-refractivity contribution < 1.29 is 28.1 Å². The number of aromatic nitrogens is 4. The van der Waals surface area contributed by atoms with Crippen molar-refractivity contribution in [3.05, 3.63) is 71.9 Å². The van der Waals surface area contributed by atoms with E-state index in [1.807, 2.05) is 22.7 Å². The third-order valence-corrected chi connectivity index (χ3v) is 7.84. The minimum absolute atomic E-state index is 0.0922. The number of morpholine rings is 2. The fraction of sp³-hybridized carbons (Fsp3) is 0.393. The summed E-state index contributed by atoms with van der Waals surface area (Å²) >= 11 is 0. The number of rotatable bonds is 5. The van der Waals surface area contributed by atoms with Crippen molar-refractivity contribution in [2.24, 2.45) is 0 Å². The lowest BCUT2D eigenvalue weighted by Crippen LogP contribution is -2.60. The van der Waals surface area contributed by atoms with Crippen molar-refractivity contribution in [2.45, 2.75) is 43.6 Å². The Hall–Kier alpha value is -3.67. The molecule has 4 aromatic rings. The van der Waals surface area contributed by atoms with Gasteiger partial charge >= 0.3 is 6.61 Å². The molecule has 3 aliphatic rings. The van der Waals surface area contributed by atoms with E-state index in [9.17, 15) is 13.9 Å². The normalized spacial score (nSPS) is 26.3. The maximum absolute atomic E-state index is 13.2. The molecule has 0 amide bonds. The maximum Gasteiger partial charge on any atom is 0.387 e. The summed E-state index contributed by atoms with van der Waals surface area (Å²) in [6, 6.07) is 10.7. The Labute approximate surface area is 223 Å². The fourth-order valence-corrected chi connectivity index (χ4v) is 6.11. The Balaban J connectivity index is 1.27. The van der Waals surface area contributed by atoms with Crippen LogP contribution < -0.4 is 9.64 Å². The number of anilines is 1. The van der Waals surface area contributed by atoms with Gasteiger partial charge in [0.05, 0.1) is 49.9 Å². The highest BCUT2D eigenvalue weighted by atomic mass is 19.3. The molecule has 7 rings (SSSR count). The summed E-state index contributed by atoms with van der Waals surface area (Å²) in [6.45, 7) is 1.09. The van der Waals surface area contributed by atoms with Gasteiger partial charge in [-0.1, -0.05) is 18.2 Å². The number of halogens is 2. The first-order valence-corrected chi connectivity index (χ1v) is 12.9. The molecule has 0 radical (unpaired) electrons. The zero-order chi connectivity index (χ0) is 26.7. The van der Waals surface area contributed by atoms with Crippen LogP contribution in [0.25, 0.3) is 16.8 Å². The van der Waals surface area contributed by atoms with Crippen LogP contribution >= 0.6 is 0 Å². The van der Waals surface area contributed by atoms with Crippen molar-refractivity contribution in [2.75, 3.05) is 31.3 Å². The molecule has 2 bridgehead atoms. The predicted octanol–water partition coefficient (Wildman–Crippen LogP) is 3.74. The minimum atomic E-state index is -2.95. The van der Waals surface area contributed by atoms with Gasteiger partial charge in [0.25, 0.3) is 0 Å². The first kappa shape index (κ1) is 24.4. The Morgan fingerprint density at radius 1 is 1.00 bits per heavy atom. The number of alkyl halides is 2. The van der Waals surface area contributed by atoms with Crippen LogP contribution in [0.5, 0.6) is 5.75 Å². The summed E-state index contributed by atoms with van der Waals surface area (Å²) < 4.78 is 44.5. The molecule has 9 nitrogen and oxygen atoms in total. The van der Waals surface area contributed by atoms with E-state index in [2.05, 4.69) is 14.9 Å². The van der Waals surface area contributed by atoms with Gasteiger partial charge in [0.1, 0.15) is 17.0 Å². The van der Waals surface area contributed by atoms with Crippen LogP contribution in [-0.4, -0.2) is 69.6 Å². The molecular weight excluding hydrogens is 508 g/mol. The molecule has 3 aromatic heterocycles. The summed E-state index contributed by atoms with van der Waals surface area (Å²) in [5.41, 5.74) is 2.97. The van der Waals surface area contributed by atoms with Gasteiger partial charge in [-0.3, -0.25) is 0 Å². The number of ether oxygens (including phenoxy) is 3. The van der Waals surface area contributed by atoms with Crippen molar-refractivity contribution in [3.63, 3.8) is 0 Å². The molecule has 2 fully saturated rings. The van der Waals surface area contributed by atoms with E-state index in [0.717, 1.165) is 16.8 Å². The number of fused-ring (bicyclic) bond motifs is 5. The summed E-state index contributed by atoms with van der Waals surface area (Å²) in [7, 11) is 0. The van der Waals surface area contributed by atoms with E-state index < -0.39 is 18.1 Å². The number of para-hydroxylation sites is 1. The highest BCUT2D eigenvalue weighted by Gasteiger charge is 2.45. The zero-order valence-electron chi connectivity index (χ0n) is 21.2. The first-order chi connectivity index (χ1) is 18.9. The average Bonchev–Trinajstić information content (AvgIpc) is 3.43. The largest absolute Gasteiger partial charge is 0.435 e. The van der Waals surface area contributed by atoms with Crippen molar-refractivity contribution >= 4 is 11.6 Å². The van der Waals surface area contributed by atoms with E-state index in [1.165, 1.54) is 6.07 Å². The van der Waals surface area contributed by atoms with Gasteiger partial charge in [-0.05, 0) is 31.5 Å². The Morgan fingerprint density at radius 3 is 2.38 bits per heavy atom. The van der Waals surface area contributed by atoms with Gasteiger partial charge in [-0.25, -0.2) is 15.0 Å². The van der Waals surface area contributed by atoms with E-state index in [1.54, 1.807) is 37.5 Å². The molecule has 2 aliphatic heterocycles. The van der Waals surface area contributed by atoms with Crippen LogP contribution in [0, 0.1) is 0 Å². The van der Waals surface area contributed by atoms with Crippen LogP contribution in [0.4, 0.5) is 14.7 Å². The van der Waals surface area contributed by atoms with Gasteiger partial charge in [-0.2, -0.15) is 8.78 Å². The van der Waals surface area contributed by atoms with Gasteiger partial charge in [0.15, 0.2) is 0 Å². The summed E-state index contributed by atoms with van der Waals surface area (Å²) in [5.74, 6) is 0.350. The Kier molecular flexibility index (Phi) is 5.76. The fourth-order valence-electron chi connectivity index (χ4n) is 6.11. The van der Waals surface area contributed by atoms with Crippen molar-refractivity contribution in [1.29, 1.82) is 0 Å². The number of imidazole rings is 1. The second-order valence-electron chi connectivity index (χ2n) is 10.5. The smallest absolute Gasteiger partial charge is 0.387 e. The SMILES string of the molecule is CC1(O)C[C@@H](c2ccccc2OC(F)F)c2c1nc1ccc(-c3cnc(N4C5COCC4COC5)nc3)cn21. The van der Waals surface area contributed by atoms with E-state index in [0.29, 0.717) is 55.7 Å². The molecule has 39 heavy (non-hydrogen) atoms. The molecule has 0 saturated carbocycles. The van der Waals surface area contributed by atoms with Crippen LogP contribution in [0.15, 0.2) is 55.0 Å². The quantitative estimate of drug-likeness (QED) is 0.413. The molecule has 11 heteroatoms. The summed E-state index contributed by atoms with van der Waals surface area (Å²) in [6.07, 6.45) is 5.82. The second kappa shape index (κ2) is 9.22. The number of hydrogen-bond acceptors (Lipinski definition) is 8. The Morgan fingerprint density at radius 2 is 1.69 bits per heavy atom. The predicted molar refractivity (Wildman–Crippen MR) is 137 cm³/mol. The minimum Gasteiger partial charge on any atom is -0.435 e.